The van der Waals surface area contributed by atoms with E-state index in [9.17, 15) is 5.11 Å². The van der Waals surface area contributed by atoms with Crippen LogP contribution in [0.15, 0.2) is 36.9 Å². The lowest BCUT2D eigenvalue weighted by atomic mass is 10.2. The molecule has 0 bridgehead atoms. The van der Waals surface area contributed by atoms with Gasteiger partial charge in [0.1, 0.15) is 5.75 Å². The molecule has 5 heteroatoms. The quantitative estimate of drug-likeness (QED) is 0.470. The first kappa shape index (κ1) is 18.6. The summed E-state index contributed by atoms with van der Waals surface area (Å²) >= 11 is 0. The maximum absolute atomic E-state index is 10.1. The molecule has 0 unspecified atom stereocenters. The van der Waals surface area contributed by atoms with Crippen molar-refractivity contribution in [2.75, 3.05) is 47.1 Å². The third-order valence-electron chi connectivity index (χ3n) is 3.17. The average molecular weight is 309 g/mol. The third kappa shape index (κ3) is 7.56. The highest BCUT2D eigenvalue weighted by Crippen LogP contribution is 2.14. The number of ether oxygens (including phenoxy) is 3. The lowest BCUT2D eigenvalue weighted by molar-refractivity contribution is 0.0194. The summed E-state index contributed by atoms with van der Waals surface area (Å²) in [6.45, 7) is 6.94. The number of benzene rings is 1. The van der Waals surface area contributed by atoms with Crippen LogP contribution in [0.2, 0.25) is 0 Å². The molecule has 1 atom stereocenters. The minimum Gasteiger partial charge on any atom is -0.497 e. The van der Waals surface area contributed by atoms with Crippen LogP contribution in [0.5, 0.6) is 5.75 Å². The number of rotatable bonds is 12. The molecule has 0 aliphatic heterocycles. The minimum absolute atomic E-state index is 0.299. The first-order valence-corrected chi connectivity index (χ1v) is 7.40. The van der Waals surface area contributed by atoms with E-state index in [1.165, 1.54) is 0 Å². The van der Waals surface area contributed by atoms with Gasteiger partial charge >= 0.3 is 0 Å². The monoisotopic (exact) mass is 309 g/mol. The lowest BCUT2D eigenvalue weighted by Gasteiger charge is -2.25. The van der Waals surface area contributed by atoms with E-state index in [2.05, 4.69) is 11.5 Å². The van der Waals surface area contributed by atoms with Gasteiger partial charge in [-0.15, -0.1) is 6.58 Å². The van der Waals surface area contributed by atoms with Crippen molar-refractivity contribution in [2.45, 2.75) is 12.6 Å². The Labute approximate surface area is 133 Å². The highest BCUT2D eigenvalue weighted by molar-refractivity contribution is 5.28. The molecule has 0 spiro atoms. The Morgan fingerprint density at radius 3 is 2.86 bits per heavy atom. The fraction of sp³-hybridized carbons (Fsp3) is 0.529. The Hall–Kier alpha value is -1.40. The van der Waals surface area contributed by atoms with Crippen LogP contribution in [0.3, 0.4) is 0 Å². The minimum atomic E-state index is -0.539. The Bertz CT molecular complexity index is 425. The second-order valence-corrected chi connectivity index (χ2v) is 5.06. The van der Waals surface area contributed by atoms with E-state index in [1.54, 1.807) is 20.3 Å². The molecule has 0 saturated heterocycles. The van der Waals surface area contributed by atoms with Crippen molar-refractivity contribution in [3.05, 3.63) is 42.5 Å². The Morgan fingerprint density at radius 2 is 2.18 bits per heavy atom. The van der Waals surface area contributed by atoms with Crippen molar-refractivity contribution in [3.63, 3.8) is 0 Å². The van der Waals surface area contributed by atoms with Gasteiger partial charge in [-0.1, -0.05) is 18.2 Å². The molecule has 0 aromatic heterocycles. The topological polar surface area (TPSA) is 51.2 Å². The molecule has 0 fully saturated rings. The van der Waals surface area contributed by atoms with E-state index >= 15 is 0 Å². The highest BCUT2D eigenvalue weighted by atomic mass is 16.5. The molecule has 0 aliphatic carbocycles. The highest BCUT2D eigenvalue weighted by Gasteiger charge is 2.13. The molecule has 1 N–H and O–H groups in total. The smallest absolute Gasteiger partial charge is 0.119 e. The standard InChI is InChI=1S/C17H27NO4/c1-4-9-22-14-16(19)13-18(8-10-20-2)12-15-6-5-7-17(11-15)21-3/h4-7,11,16,19H,1,8-10,12-14H2,2-3H3/t16-/m1/s1. The molecule has 0 amide bonds. The van der Waals surface area contributed by atoms with E-state index < -0.39 is 6.10 Å². The summed E-state index contributed by atoms with van der Waals surface area (Å²) < 4.78 is 15.7. The molecule has 5 nitrogen and oxygen atoms in total. The summed E-state index contributed by atoms with van der Waals surface area (Å²) in [6, 6.07) is 7.93. The molecule has 0 radical (unpaired) electrons. The summed E-state index contributed by atoms with van der Waals surface area (Å²) in [5.74, 6) is 0.832. The maximum Gasteiger partial charge on any atom is 0.119 e. The van der Waals surface area contributed by atoms with Crippen molar-refractivity contribution in [2.24, 2.45) is 0 Å². The Balaban J connectivity index is 2.56. The summed E-state index contributed by atoms with van der Waals surface area (Å²) in [4.78, 5) is 2.14. The summed E-state index contributed by atoms with van der Waals surface area (Å²) in [7, 11) is 3.33. The lowest BCUT2D eigenvalue weighted by Crippen LogP contribution is -2.36. The van der Waals surface area contributed by atoms with Gasteiger partial charge in [0.15, 0.2) is 0 Å². The van der Waals surface area contributed by atoms with Crippen LogP contribution in [0.4, 0.5) is 0 Å². The zero-order valence-corrected chi connectivity index (χ0v) is 13.5. The molecular formula is C17H27NO4. The van der Waals surface area contributed by atoms with Crippen molar-refractivity contribution < 1.29 is 19.3 Å². The van der Waals surface area contributed by atoms with Crippen molar-refractivity contribution in [3.8, 4) is 5.75 Å². The first-order valence-electron chi connectivity index (χ1n) is 7.40. The van der Waals surface area contributed by atoms with Gasteiger partial charge in [0.25, 0.3) is 0 Å². The van der Waals surface area contributed by atoms with Gasteiger partial charge < -0.3 is 19.3 Å². The van der Waals surface area contributed by atoms with Crippen LogP contribution in [-0.2, 0) is 16.0 Å². The fourth-order valence-corrected chi connectivity index (χ4v) is 2.12. The van der Waals surface area contributed by atoms with Crippen LogP contribution < -0.4 is 4.74 Å². The van der Waals surface area contributed by atoms with Gasteiger partial charge in [0, 0.05) is 26.7 Å². The van der Waals surface area contributed by atoms with Gasteiger partial charge in [-0.25, -0.2) is 0 Å². The van der Waals surface area contributed by atoms with Gasteiger partial charge in [-0.3, -0.25) is 4.90 Å². The van der Waals surface area contributed by atoms with Crippen molar-refractivity contribution in [1.29, 1.82) is 0 Å². The molecule has 124 valence electrons. The first-order chi connectivity index (χ1) is 10.7. The zero-order valence-electron chi connectivity index (χ0n) is 13.5. The van der Waals surface area contributed by atoms with E-state index in [-0.39, 0.29) is 0 Å². The van der Waals surface area contributed by atoms with Crippen molar-refractivity contribution >= 4 is 0 Å². The predicted octanol–water partition coefficient (Wildman–Crippen LogP) is 1.71. The van der Waals surface area contributed by atoms with E-state index in [0.29, 0.717) is 26.4 Å². The summed E-state index contributed by atoms with van der Waals surface area (Å²) in [5, 5.41) is 10.1. The SMILES string of the molecule is C=CCOC[C@H](O)CN(CCOC)Cc1cccc(OC)c1. The van der Waals surface area contributed by atoms with Gasteiger partial charge in [-0.2, -0.15) is 0 Å². The predicted molar refractivity (Wildman–Crippen MR) is 87.2 cm³/mol. The molecule has 22 heavy (non-hydrogen) atoms. The molecule has 1 rings (SSSR count). The number of aliphatic hydroxyl groups excluding tert-OH is 1. The van der Waals surface area contributed by atoms with Crippen LogP contribution >= 0.6 is 0 Å². The van der Waals surface area contributed by atoms with E-state index in [1.807, 2.05) is 24.3 Å². The van der Waals surface area contributed by atoms with Crippen LogP contribution in [0.1, 0.15) is 5.56 Å². The van der Waals surface area contributed by atoms with E-state index in [4.69, 9.17) is 14.2 Å². The number of nitrogens with zero attached hydrogens (tertiary/aromatic N) is 1. The summed E-state index contributed by atoms with van der Waals surface area (Å²) in [6.07, 6.45) is 1.13. The zero-order chi connectivity index (χ0) is 16.2. The Morgan fingerprint density at radius 1 is 1.36 bits per heavy atom. The van der Waals surface area contributed by atoms with Crippen LogP contribution in [0, 0.1) is 0 Å². The number of hydrogen-bond acceptors (Lipinski definition) is 5. The number of methoxy groups -OCH3 is 2. The number of aliphatic hydroxyl groups is 1. The van der Waals surface area contributed by atoms with Crippen molar-refractivity contribution in [1.82, 2.24) is 4.90 Å². The second-order valence-electron chi connectivity index (χ2n) is 5.06. The average Bonchev–Trinajstić information content (AvgIpc) is 2.53. The molecule has 1 aromatic carbocycles. The van der Waals surface area contributed by atoms with Gasteiger partial charge in [0.05, 0.1) is 33.0 Å². The van der Waals surface area contributed by atoms with Gasteiger partial charge in [-0.05, 0) is 17.7 Å². The van der Waals surface area contributed by atoms with Gasteiger partial charge in [0.2, 0.25) is 0 Å². The Kier molecular flexibility index (Phi) is 9.50. The normalized spacial score (nSPS) is 12.4. The maximum atomic E-state index is 10.1. The largest absolute Gasteiger partial charge is 0.497 e. The second kappa shape index (κ2) is 11.2. The molecular weight excluding hydrogens is 282 g/mol. The van der Waals surface area contributed by atoms with E-state index in [0.717, 1.165) is 24.4 Å². The molecule has 0 aliphatic rings. The third-order valence-corrected chi connectivity index (χ3v) is 3.17. The molecule has 1 aromatic rings. The molecule has 0 saturated carbocycles. The van der Waals surface area contributed by atoms with Crippen LogP contribution in [0.25, 0.3) is 0 Å². The molecule has 0 heterocycles. The van der Waals surface area contributed by atoms with Crippen LogP contribution in [-0.4, -0.2) is 63.2 Å². The fourth-order valence-electron chi connectivity index (χ4n) is 2.12. The number of hydrogen-bond donors (Lipinski definition) is 1. The summed E-state index contributed by atoms with van der Waals surface area (Å²) in [5.41, 5.74) is 1.13.